The van der Waals surface area contributed by atoms with Crippen molar-refractivity contribution < 1.29 is 23.4 Å². The molecule has 0 spiro atoms. The Balaban J connectivity index is 2.46. The number of nitrogens with zero attached hydrogens (tertiary/aromatic N) is 1. The number of benzene rings is 1. The Kier molecular flexibility index (Phi) is 4.41. The fraction of sp³-hybridized carbons (Fsp3) is 0.364. The Morgan fingerprint density at radius 1 is 1.45 bits per heavy atom. The quantitative estimate of drug-likeness (QED) is 0.819. The molecule has 1 aliphatic rings. The van der Waals surface area contributed by atoms with E-state index >= 15 is 0 Å². The van der Waals surface area contributed by atoms with Crippen LogP contribution in [0, 0.1) is 0 Å². The van der Waals surface area contributed by atoms with E-state index in [1.165, 1.54) is 18.2 Å². The van der Waals surface area contributed by atoms with Crippen molar-refractivity contribution in [3.63, 3.8) is 0 Å². The second-order valence-electron chi connectivity index (χ2n) is 4.39. The highest BCUT2D eigenvalue weighted by atomic mass is 79.9. The summed E-state index contributed by atoms with van der Waals surface area (Å²) >= 11 is 9.07. The summed E-state index contributed by atoms with van der Waals surface area (Å²) in [6.45, 7) is -0.258. The molecule has 1 saturated heterocycles. The van der Waals surface area contributed by atoms with Gasteiger partial charge in [-0.3, -0.25) is 4.79 Å². The number of sulfonamides is 1. The van der Waals surface area contributed by atoms with Gasteiger partial charge >= 0.3 is 5.97 Å². The molecule has 2 rings (SSSR count). The number of carboxylic acid groups (broad SMARTS) is 1. The molecule has 2 unspecified atom stereocenters. The molecule has 2 N–H and O–H groups in total. The third kappa shape index (κ3) is 2.84. The monoisotopic (exact) mass is 383 g/mol. The van der Waals surface area contributed by atoms with Gasteiger partial charge in [-0.05, 0) is 18.2 Å². The van der Waals surface area contributed by atoms with E-state index in [0.717, 1.165) is 4.31 Å². The molecule has 0 saturated carbocycles. The molecule has 110 valence electrons. The molecule has 20 heavy (non-hydrogen) atoms. The van der Waals surface area contributed by atoms with Crippen molar-refractivity contribution in [2.45, 2.75) is 23.5 Å². The first-order chi connectivity index (χ1) is 9.23. The molecule has 0 bridgehead atoms. The first-order valence-electron chi connectivity index (χ1n) is 5.61. The summed E-state index contributed by atoms with van der Waals surface area (Å²) in [5, 5.41) is 18.6. The first kappa shape index (κ1) is 15.7. The van der Waals surface area contributed by atoms with E-state index < -0.39 is 28.1 Å². The van der Waals surface area contributed by atoms with Crippen LogP contribution in [0.15, 0.2) is 27.6 Å². The summed E-state index contributed by atoms with van der Waals surface area (Å²) in [4.78, 5) is 10.9. The number of aliphatic hydroxyl groups is 1. The third-order valence-electron chi connectivity index (χ3n) is 3.00. The normalized spacial score (nSPS) is 23.9. The average Bonchev–Trinajstić information content (AvgIpc) is 2.71. The lowest BCUT2D eigenvalue weighted by molar-refractivity contribution is -0.140. The fourth-order valence-electron chi connectivity index (χ4n) is 2.09. The van der Waals surface area contributed by atoms with Crippen molar-refractivity contribution >= 4 is 43.5 Å². The summed E-state index contributed by atoms with van der Waals surface area (Å²) in [7, 11) is -4.07. The van der Waals surface area contributed by atoms with Crippen molar-refractivity contribution in [1.82, 2.24) is 4.31 Å². The minimum Gasteiger partial charge on any atom is -0.480 e. The van der Waals surface area contributed by atoms with Crippen LogP contribution in [0.1, 0.15) is 6.42 Å². The molecule has 0 amide bonds. The molecule has 1 fully saturated rings. The van der Waals surface area contributed by atoms with Gasteiger partial charge in [0, 0.05) is 17.4 Å². The molecule has 1 heterocycles. The molecular weight excluding hydrogens is 374 g/mol. The van der Waals surface area contributed by atoms with Gasteiger partial charge in [-0.1, -0.05) is 27.5 Å². The van der Waals surface area contributed by atoms with Gasteiger partial charge in [0.1, 0.15) is 10.9 Å². The molecule has 2 atom stereocenters. The molecule has 1 aliphatic heterocycles. The van der Waals surface area contributed by atoms with Gasteiger partial charge in [0.15, 0.2) is 0 Å². The van der Waals surface area contributed by atoms with Crippen LogP contribution in [0.5, 0.6) is 0 Å². The Morgan fingerprint density at radius 3 is 2.65 bits per heavy atom. The van der Waals surface area contributed by atoms with E-state index in [1.54, 1.807) is 0 Å². The Morgan fingerprint density at radius 2 is 2.10 bits per heavy atom. The van der Waals surface area contributed by atoms with E-state index in [2.05, 4.69) is 15.9 Å². The lowest BCUT2D eigenvalue weighted by atomic mass is 10.2. The van der Waals surface area contributed by atoms with Gasteiger partial charge in [-0.15, -0.1) is 0 Å². The molecule has 1 aromatic rings. The van der Waals surface area contributed by atoms with Crippen molar-refractivity contribution in [3.05, 3.63) is 27.7 Å². The molecule has 9 heteroatoms. The van der Waals surface area contributed by atoms with Gasteiger partial charge in [-0.25, -0.2) is 8.42 Å². The maximum atomic E-state index is 12.5. The van der Waals surface area contributed by atoms with E-state index in [9.17, 15) is 18.3 Å². The maximum absolute atomic E-state index is 12.5. The number of aliphatic hydroxyl groups excluding tert-OH is 1. The Hall–Kier alpha value is -0.670. The van der Waals surface area contributed by atoms with Crippen molar-refractivity contribution in [2.24, 2.45) is 0 Å². The number of halogens is 2. The van der Waals surface area contributed by atoms with Crippen LogP contribution in [0.4, 0.5) is 0 Å². The number of β-amino-alcohol motifs (C(OH)–C–C–N with tert-alkyl or cyclic N) is 1. The maximum Gasteiger partial charge on any atom is 0.322 e. The summed E-state index contributed by atoms with van der Waals surface area (Å²) in [5.41, 5.74) is 0. The van der Waals surface area contributed by atoms with Crippen LogP contribution < -0.4 is 0 Å². The second kappa shape index (κ2) is 5.61. The van der Waals surface area contributed by atoms with E-state index in [-0.39, 0.29) is 22.9 Å². The summed E-state index contributed by atoms with van der Waals surface area (Å²) in [6.07, 6.45) is -1.14. The van der Waals surface area contributed by atoms with Crippen LogP contribution in [0.25, 0.3) is 0 Å². The lowest BCUT2D eigenvalue weighted by Crippen LogP contribution is -2.40. The highest BCUT2D eigenvalue weighted by Gasteiger charge is 2.44. The zero-order chi connectivity index (χ0) is 15.1. The molecule has 0 aliphatic carbocycles. The van der Waals surface area contributed by atoms with Gasteiger partial charge in [0.25, 0.3) is 0 Å². The largest absolute Gasteiger partial charge is 0.480 e. The molecule has 1 aromatic carbocycles. The number of carbonyl (C=O) groups is 1. The van der Waals surface area contributed by atoms with E-state index in [0.29, 0.717) is 4.47 Å². The molecule has 0 aromatic heterocycles. The second-order valence-corrected chi connectivity index (χ2v) is 7.57. The number of rotatable bonds is 3. The van der Waals surface area contributed by atoms with Gasteiger partial charge in [0.2, 0.25) is 10.0 Å². The van der Waals surface area contributed by atoms with E-state index in [1.807, 2.05) is 0 Å². The standard InChI is InChI=1S/C11H11BrClNO5S/c12-6-1-2-10(8(13)3-6)20(18,19)14-5-7(15)4-9(14)11(16)17/h1-3,7,9,15H,4-5H2,(H,16,17). The molecule has 6 nitrogen and oxygen atoms in total. The minimum atomic E-state index is -4.07. The summed E-state index contributed by atoms with van der Waals surface area (Å²) in [6, 6.07) is 2.93. The van der Waals surface area contributed by atoms with Gasteiger partial charge in [0.05, 0.1) is 11.1 Å². The average molecular weight is 385 g/mol. The minimum absolute atomic E-state index is 0.00935. The summed E-state index contributed by atoms with van der Waals surface area (Å²) < 4.78 is 26.3. The van der Waals surface area contributed by atoms with Crippen molar-refractivity contribution in [3.8, 4) is 0 Å². The predicted molar refractivity (Wildman–Crippen MR) is 75.1 cm³/mol. The third-order valence-corrected chi connectivity index (χ3v) is 5.85. The van der Waals surface area contributed by atoms with Crippen LogP contribution >= 0.6 is 27.5 Å². The molecular formula is C11H11BrClNO5S. The van der Waals surface area contributed by atoms with Crippen LogP contribution in [-0.2, 0) is 14.8 Å². The number of hydrogen-bond acceptors (Lipinski definition) is 4. The SMILES string of the molecule is O=C(O)C1CC(O)CN1S(=O)(=O)c1ccc(Br)cc1Cl. The lowest BCUT2D eigenvalue weighted by Gasteiger charge is -2.21. The van der Waals surface area contributed by atoms with E-state index in [4.69, 9.17) is 16.7 Å². The Bertz CT molecular complexity index is 650. The van der Waals surface area contributed by atoms with Crippen LogP contribution in [-0.4, -0.2) is 47.6 Å². The van der Waals surface area contributed by atoms with Crippen LogP contribution in [0.2, 0.25) is 5.02 Å². The number of carboxylic acids is 1. The fourth-order valence-corrected chi connectivity index (χ4v) is 4.73. The zero-order valence-electron chi connectivity index (χ0n) is 10.0. The molecule has 0 radical (unpaired) electrons. The van der Waals surface area contributed by atoms with Crippen LogP contribution in [0.3, 0.4) is 0 Å². The predicted octanol–water partition coefficient (Wildman–Crippen LogP) is 1.31. The number of hydrogen-bond donors (Lipinski definition) is 2. The van der Waals surface area contributed by atoms with Gasteiger partial charge < -0.3 is 10.2 Å². The van der Waals surface area contributed by atoms with Gasteiger partial charge in [-0.2, -0.15) is 4.31 Å². The van der Waals surface area contributed by atoms with Crippen molar-refractivity contribution in [1.29, 1.82) is 0 Å². The highest BCUT2D eigenvalue weighted by Crippen LogP contribution is 2.32. The topological polar surface area (TPSA) is 94.9 Å². The smallest absolute Gasteiger partial charge is 0.322 e. The number of aliphatic carboxylic acids is 1. The highest BCUT2D eigenvalue weighted by molar-refractivity contribution is 9.10. The first-order valence-corrected chi connectivity index (χ1v) is 8.22. The zero-order valence-corrected chi connectivity index (χ0v) is 13.2. The van der Waals surface area contributed by atoms with Crippen molar-refractivity contribution in [2.75, 3.05) is 6.54 Å². The Labute approximate surface area is 129 Å². The summed E-state index contributed by atoms with van der Waals surface area (Å²) in [5.74, 6) is -1.29.